The number of unbranched alkanes of at least 4 members (excludes halogenated alkanes) is 33. The molecule has 8 unspecified atom stereocenters. The van der Waals surface area contributed by atoms with Crippen LogP contribution in [0, 0.1) is 0 Å². The fraction of sp³-hybridized carbons (Fsp3) is 0.956. The van der Waals surface area contributed by atoms with E-state index in [2.05, 4.69) is 19.2 Å². The Labute approximate surface area is 548 Å². The Hall–Kier alpha value is -1.67. The first-order chi connectivity index (χ1) is 44.6. The van der Waals surface area contributed by atoms with Crippen molar-refractivity contribution in [3.05, 3.63) is 12.2 Å². The minimum Gasteiger partial charge on any atom is -0.394 e. The number of carbonyl (C=O) groups excluding carboxylic acids is 1. The predicted molar refractivity (Wildman–Crippen MR) is 342 cm³/mol. The van der Waals surface area contributed by atoms with Crippen LogP contribution in [0.3, 0.4) is 0 Å². The maximum Gasteiger partial charge on any atom is 0.220 e. The molecule has 0 saturated carbocycles. The lowest BCUT2D eigenvalue weighted by Gasteiger charge is -2.49. The van der Waals surface area contributed by atoms with E-state index in [0.717, 1.165) is 44.9 Å². The molecule has 0 aromatic carbocycles. The SMILES string of the molecule is CCCCCCCCCCCCC/C=C/[C@@H](O)[C@H](CO[C@@H]1OC(CO)[C@@H](O[C@@H]2OC(CO)[C@H](O[C@@H]3OC(CO)[C@H](O)[C@H](O[C@@H]4OC(CO)[C@H](O)[C@H](O)C4O)C3O)[C@H](O)C2O)[C@H](O)C1O)NC(=O)CCCCCCCCCCCCCCCCCCCCCCCCC. The van der Waals surface area contributed by atoms with Gasteiger partial charge in [0.25, 0.3) is 0 Å². The zero-order chi connectivity index (χ0) is 67.0. The van der Waals surface area contributed by atoms with Crippen LogP contribution in [-0.2, 0) is 42.7 Å². The molecule has 15 N–H and O–H groups in total. The quantitative estimate of drug-likeness (QED) is 0.0288. The van der Waals surface area contributed by atoms with Gasteiger partial charge >= 0.3 is 0 Å². The fourth-order valence-electron chi connectivity index (χ4n) is 12.7. The number of nitrogens with one attached hydrogen (secondary N) is 1. The smallest absolute Gasteiger partial charge is 0.220 e. The van der Waals surface area contributed by atoms with Crippen LogP contribution < -0.4 is 5.32 Å². The minimum absolute atomic E-state index is 0.222. The maximum atomic E-state index is 13.4. The standard InChI is InChI=1S/C68H127NO23/c1-3-5-7-9-11-13-15-17-18-19-20-21-22-23-24-25-26-28-30-32-34-36-38-40-52(75)69-46(47(74)39-37-35-33-31-29-27-16-14-12-10-8-6-4-2)45-85-65-59(82)56(79)62(50(43-72)88-65)90-67-60(83)57(80)63(51(44-73)89-67)91-68-61(84)64(54(77)49(42-71)87-68)92-66-58(81)55(78)53(76)48(41-70)86-66/h37,39,46-51,53-68,70-74,76-84H,3-36,38,40-45H2,1-2H3,(H,69,75)/b39-37+/t46-,47+,48?,49?,50?,51?,53-,54-,55-,56+,57+,58?,59?,60?,61?,62+,63-,64-,65+,66-,67-,68-/m0/s1. The van der Waals surface area contributed by atoms with Gasteiger partial charge < -0.3 is 115 Å². The molecule has 0 aromatic heterocycles. The van der Waals surface area contributed by atoms with E-state index in [1.807, 2.05) is 6.08 Å². The molecule has 0 aromatic rings. The first-order valence-corrected chi connectivity index (χ1v) is 36.0. The van der Waals surface area contributed by atoms with E-state index in [1.54, 1.807) is 6.08 Å². The molecular formula is C68H127NO23. The van der Waals surface area contributed by atoms with Crippen LogP contribution in [0.2, 0.25) is 0 Å². The average molecular weight is 1330 g/mol. The Kier molecular flexibility index (Phi) is 44.0. The highest BCUT2D eigenvalue weighted by Crippen LogP contribution is 2.35. The van der Waals surface area contributed by atoms with Crippen LogP contribution in [0.1, 0.15) is 245 Å². The number of hydrogen-bond acceptors (Lipinski definition) is 23. The predicted octanol–water partition coefficient (Wildman–Crippen LogP) is 4.76. The molecule has 92 heavy (non-hydrogen) atoms. The number of amides is 1. The monoisotopic (exact) mass is 1330 g/mol. The summed E-state index contributed by atoms with van der Waals surface area (Å²) in [5.74, 6) is -0.297. The second-order valence-electron chi connectivity index (χ2n) is 26.4. The van der Waals surface area contributed by atoms with Crippen molar-refractivity contribution in [2.24, 2.45) is 0 Å². The van der Waals surface area contributed by atoms with Crippen LogP contribution >= 0.6 is 0 Å². The van der Waals surface area contributed by atoms with Crippen molar-refractivity contribution >= 4 is 5.91 Å². The van der Waals surface area contributed by atoms with Crippen molar-refractivity contribution in [3.63, 3.8) is 0 Å². The highest BCUT2D eigenvalue weighted by molar-refractivity contribution is 5.76. The van der Waals surface area contributed by atoms with Gasteiger partial charge in [-0.3, -0.25) is 4.79 Å². The van der Waals surface area contributed by atoms with Crippen molar-refractivity contribution < 1.29 is 114 Å². The lowest BCUT2D eigenvalue weighted by molar-refractivity contribution is -0.389. The molecule has 24 nitrogen and oxygen atoms in total. The van der Waals surface area contributed by atoms with E-state index in [9.17, 15) is 76.3 Å². The molecule has 4 rings (SSSR count). The number of hydrogen-bond donors (Lipinski definition) is 15. The Morgan fingerprint density at radius 3 is 1.12 bits per heavy atom. The summed E-state index contributed by atoms with van der Waals surface area (Å²) in [6, 6.07) is -1.01. The molecular weight excluding hydrogens is 1200 g/mol. The third-order valence-electron chi connectivity index (χ3n) is 18.7. The van der Waals surface area contributed by atoms with Gasteiger partial charge in [0.15, 0.2) is 25.2 Å². The van der Waals surface area contributed by atoms with Crippen molar-refractivity contribution in [1.29, 1.82) is 0 Å². The Balaban J connectivity index is 1.25. The number of ether oxygens (including phenoxy) is 8. The van der Waals surface area contributed by atoms with Crippen LogP contribution in [-0.4, -0.2) is 245 Å². The summed E-state index contributed by atoms with van der Waals surface area (Å²) in [7, 11) is 0. The van der Waals surface area contributed by atoms with Gasteiger partial charge in [-0.25, -0.2) is 0 Å². The van der Waals surface area contributed by atoms with E-state index in [1.165, 1.54) is 173 Å². The maximum absolute atomic E-state index is 13.4. The number of allylic oxidation sites excluding steroid dienone is 1. The third kappa shape index (κ3) is 29.4. The molecule has 24 heteroatoms. The van der Waals surface area contributed by atoms with Gasteiger partial charge in [-0.1, -0.05) is 231 Å². The van der Waals surface area contributed by atoms with Gasteiger partial charge in [-0.15, -0.1) is 0 Å². The zero-order valence-electron chi connectivity index (χ0n) is 55.8. The van der Waals surface area contributed by atoms with Gasteiger partial charge in [0.1, 0.15) is 97.7 Å². The summed E-state index contributed by atoms with van der Waals surface area (Å²) in [4.78, 5) is 13.4. The normalized spacial score (nSPS) is 32.7. The Morgan fingerprint density at radius 2 is 0.707 bits per heavy atom. The Morgan fingerprint density at radius 1 is 0.380 bits per heavy atom. The lowest BCUT2D eigenvalue weighted by Crippen LogP contribution is -2.67. The highest BCUT2D eigenvalue weighted by atomic mass is 16.8. The van der Waals surface area contributed by atoms with Crippen LogP contribution in [0.25, 0.3) is 0 Å². The minimum atomic E-state index is -2.08. The molecule has 0 bridgehead atoms. The van der Waals surface area contributed by atoms with Crippen LogP contribution in [0.5, 0.6) is 0 Å². The summed E-state index contributed by atoms with van der Waals surface area (Å²) >= 11 is 0. The van der Waals surface area contributed by atoms with E-state index >= 15 is 0 Å². The summed E-state index contributed by atoms with van der Waals surface area (Å²) < 4.78 is 45.9. The van der Waals surface area contributed by atoms with Crippen molar-refractivity contribution in [2.45, 2.75) is 380 Å². The second kappa shape index (κ2) is 48.9. The van der Waals surface area contributed by atoms with Gasteiger partial charge in [0.2, 0.25) is 5.91 Å². The van der Waals surface area contributed by atoms with E-state index in [-0.39, 0.29) is 18.9 Å². The molecule has 4 heterocycles. The van der Waals surface area contributed by atoms with E-state index < -0.39 is 161 Å². The van der Waals surface area contributed by atoms with Gasteiger partial charge in [0, 0.05) is 6.42 Å². The first-order valence-electron chi connectivity index (χ1n) is 36.0. The molecule has 0 aliphatic carbocycles. The summed E-state index contributed by atoms with van der Waals surface area (Å²) in [5.41, 5.74) is 0. The molecule has 4 aliphatic heterocycles. The summed E-state index contributed by atoms with van der Waals surface area (Å²) in [6.07, 6.45) is 9.32. The summed E-state index contributed by atoms with van der Waals surface area (Å²) in [5, 5.41) is 154. The largest absolute Gasteiger partial charge is 0.394 e. The lowest BCUT2D eigenvalue weighted by atomic mass is 9.95. The number of aliphatic hydroxyl groups excluding tert-OH is 14. The first kappa shape index (κ1) is 82.8. The zero-order valence-corrected chi connectivity index (χ0v) is 55.8. The van der Waals surface area contributed by atoms with Gasteiger partial charge in [-0.05, 0) is 19.3 Å². The molecule has 1 amide bonds. The summed E-state index contributed by atoms with van der Waals surface area (Å²) in [6.45, 7) is 0.583. The highest BCUT2D eigenvalue weighted by Gasteiger charge is 2.55. The van der Waals surface area contributed by atoms with E-state index in [0.29, 0.717) is 6.42 Å². The molecule has 0 spiro atoms. The average Bonchev–Trinajstić information content (AvgIpc) is 0.835. The number of rotatable bonds is 52. The van der Waals surface area contributed by atoms with Crippen LogP contribution in [0.15, 0.2) is 12.2 Å². The molecule has 4 fully saturated rings. The molecule has 542 valence electrons. The molecule has 22 atom stereocenters. The van der Waals surface area contributed by atoms with Gasteiger partial charge in [0.05, 0.1) is 45.2 Å². The molecule has 4 saturated heterocycles. The number of carbonyl (C=O) groups is 1. The van der Waals surface area contributed by atoms with Gasteiger partial charge in [-0.2, -0.15) is 0 Å². The molecule has 4 aliphatic rings. The second-order valence-corrected chi connectivity index (χ2v) is 26.4. The topological polar surface area (TPSA) is 386 Å². The van der Waals surface area contributed by atoms with Crippen LogP contribution in [0.4, 0.5) is 0 Å². The van der Waals surface area contributed by atoms with Crippen molar-refractivity contribution in [3.8, 4) is 0 Å². The fourth-order valence-corrected chi connectivity index (χ4v) is 12.7. The third-order valence-corrected chi connectivity index (χ3v) is 18.7. The van der Waals surface area contributed by atoms with Crippen molar-refractivity contribution in [2.75, 3.05) is 33.0 Å². The van der Waals surface area contributed by atoms with E-state index in [4.69, 9.17) is 37.9 Å². The molecule has 0 radical (unpaired) electrons. The Bertz CT molecular complexity index is 1840. The van der Waals surface area contributed by atoms with Crippen molar-refractivity contribution in [1.82, 2.24) is 5.32 Å². The number of aliphatic hydroxyl groups is 14.